The summed E-state index contributed by atoms with van der Waals surface area (Å²) in [6.07, 6.45) is 6.01. The maximum Gasteiger partial charge on any atom is 0.227 e. The van der Waals surface area contributed by atoms with Gasteiger partial charge in [0, 0.05) is 19.0 Å². The highest BCUT2D eigenvalue weighted by Gasteiger charge is 2.25. The summed E-state index contributed by atoms with van der Waals surface area (Å²) in [6.45, 7) is 0.774. The van der Waals surface area contributed by atoms with Crippen LogP contribution in [0.2, 0.25) is 0 Å². The number of guanidine groups is 1. The number of pyridine rings is 1. The van der Waals surface area contributed by atoms with E-state index >= 15 is 0 Å². The highest BCUT2D eigenvalue weighted by atomic mass is 16.5. The van der Waals surface area contributed by atoms with Crippen LogP contribution in [0.3, 0.4) is 0 Å². The van der Waals surface area contributed by atoms with Crippen LogP contribution in [-0.4, -0.2) is 40.7 Å². The molecule has 1 aliphatic carbocycles. The van der Waals surface area contributed by atoms with Gasteiger partial charge in [0.1, 0.15) is 5.82 Å². The Balaban J connectivity index is 1.56. The first-order valence-corrected chi connectivity index (χ1v) is 7.92. The molecule has 0 aromatic carbocycles. The van der Waals surface area contributed by atoms with E-state index in [4.69, 9.17) is 10.9 Å². The number of aliphatic imine (C=N–C) groups is 1. The Morgan fingerprint density at radius 1 is 1.43 bits per heavy atom. The van der Waals surface area contributed by atoms with Crippen LogP contribution in [-0.2, 0) is 4.79 Å². The zero-order chi connectivity index (χ0) is 16.2. The number of hydrogen-bond acceptors (Lipinski definition) is 5. The lowest BCUT2D eigenvalue weighted by atomic mass is 10.2. The Morgan fingerprint density at radius 3 is 2.96 bits per heavy atom. The van der Waals surface area contributed by atoms with E-state index in [-0.39, 0.29) is 24.0 Å². The lowest BCUT2D eigenvalue weighted by Crippen LogP contribution is -2.30. The fourth-order valence-electron chi connectivity index (χ4n) is 3.19. The predicted octanol–water partition coefficient (Wildman–Crippen LogP) is 0.835. The van der Waals surface area contributed by atoms with E-state index in [2.05, 4.69) is 15.3 Å². The average Bonchev–Trinajstić information content (AvgIpc) is 3.17. The van der Waals surface area contributed by atoms with Crippen molar-refractivity contribution in [2.45, 2.75) is 44.2 Å². The van der Waals surface area contributed by atoms with Gasteiger partial charge in [-0.15, -0.1) is 0 Å². The topological polar surface area (TPSA) is 116 Å². The van der Waals surface area contributed by atoms with Gasteiger partial charge in [-0.1, -0.05) is 0 Å². The Kier molecular flexibility index (Phi) is 4.61. The minimum atomic E-state index is 0.0495. The van der Waals surface area contributed by atoms with Gasteiger partial charge in [-0.05, 0) is 37.8 Å². The van der Waals surface area contributed by atoms with Crippen LogP contribution < -0.4 is 21.4 Å². The van der Waals surface area contributed by atoms with Crippen LogP contribution in [0.25, 0.3) is 0 Å². The molecule has 8 heteroatoms. The standard InChI is InChI=1S/C15H22N6O2/c16-15(20-23)19-11-4-3-10(8-11)18-13-6-5-12(9-17-13)21-7-1-2-14(21)22/h5-6,9-11,23H,1-4,7-8H2,(H,17,18)(H3,16,19,20). The van der Waals surface area contributed by atoms with Crippen LogP contribution in [0.1, 0.15) is 32.1 Å². The first-order valence-electron chi connectivity index (χ1n) is 7.92. The van der Waals surface area contributed by atoms with Crippen molar-refractivity contribution in [3.05, 3.63) is 18.3 Å². The molecule has 5 N–H and O–H groups in total. The second-order valence-electron chi connectivity index (χ2n) is 5.98. The molecule has 2 atom stereocenters. The number of carbonyl (C=O) groups is 1. The van der Waals surface area contributed by atoms with Crippen molar-refractivity contribution in [1.82, 2.24) is 10.5 Å². The normalized spacial score (nSPS) is 25.0. The molecule has 3 rings (SSSR count). The molecule has 8 nitrogen and oxygen atoms in total. The van der Waals surface area contributed by atoms with Crippen LogP contribution in [0.4, 0.5) is 11.5 Å². The summed E-state index contributed by atoms with van der Waals surface area (Å²) in [7, 11) is 0. The lowest BCUT2D eigenvalue weighted by Gasteiger charge is -2.17. The van der Waals surface area contributed by atoms with E-state index in [1.807, 2.05) is 17.6 Å². The first-order chi connectivity index (χ1) is 11.2. The highest BCUT2D eigenvalue weighted by Crippen LogP contribution is 2.26. The number of anilines is 2. The zero-order valence-electron chi connectivity index (χ0n) is 12.9. The number of nitrogens with one attached hydrogen (secondary N) is 2. The van der Waals surface area contributed by atoms with Crippen molar-refractivity contribution in [3.63, 3.8) is 0 Å². The molecule has 1 aromatic rings. The Bertz CT molecular complexity index is 588. The van der Waals surface area contributed by atoms with E-state index in [1.54, 1.807) is 11.1 Å². The second kappa shape index (κ2) is 6.82. The van der Waals surface area contributed by atoms with Gasteiger partial charge in [0.05, 0.1) is 17.9 Å². The molecule has 1 amide bonds. The Labute approximate surface area is 134 Å². The summed E-state index contributed by atoms with van der Waals surface area (Å²) in [5.74, 6) is 1.01. The summed E-state index contributed by atoms with van der Waals surface area (Å²) in [5.41, 5.74) is 8.17. The number of amides is 1. The van der Waals surface area contributed by atoms with Gasteiger partial charge < -0.3 is 16.0 Å². The molecule has 1 saturated heterocycles. The molecule has 2 fully saturated rings. The van der Waals surface area contributed by atoms with Gasteiger partial charge in [-0.25, -0.2) is 15.5 Å². The van der Waals surface area contributed by atoms with Crippen LogP contribution in [0, 0.1) is 0 Å². The minimum absolute atomic E-state index is 0.0495. The number of carbonyl (C=O) groups excluding carboxylic acids is 1. The van der Waals surface area contributed by atoms with Gasteiger partial charge in [-0.2, -0.15) is 0 Å². The molecule has 1 saturated carbocycles. The van der Waals surface area contributed by atoms with Crippen molar-refractivity contribution < 1.29 is 10.0 Å². The van der Waals surface area contributed by atoms with Gasteiger partial charge in [-0.3, -0.25) is 10.0 Å². The average molecular weight is 318 g/mol. The van der Waals surface area contributed by atoms with E-state index in [0.717, 1.165) is 43.7 Å². The van der Waals surface area contributed by atoms with E-state index in [0.29, 0.717) is 6.42 Å². The lowest BCUT2D eigenvalue weighted by molar-refractivity contribution is -0.117. The molecular weight excluding hydrogens is 296 g/mol. The SMILES string of the molecule is NC(=NC1CCC(Nc2ccc(N3CCCC3=O)cn2)C1)NO. The molecule has 1 aliphatic heterocycles. The Hall–Kier alpha value is -2.35. The molecule has 124 valence electrons. The molecule has 0 bridgehead atoms. The van der Waals surface area contributed by atoms with Crippen LogP contribution in [0.5, 0.6) is 0 Å². The van der Waals surface area contributed by atoms with Crippen molar-refractivity contribution in [2.24, 2.45) is 10.7 Å². The quantitative estimate of drug-likeness (QED) is 0.371. The summed E-state index contributed by atoms with van der Waals surface area (Å²) in [5, 5.41) is 12.1. The monoisotopic (exact) mass is 318 g/mol. The second-order valence-corrected chi connectivity index (χ2v) is 5.98. The number of hydrogen-bond donors (Lipinski definition) is 4. The third-order valence-corrected chi connectivity index (χ3v) is 4.33. The Morgan fingerprint density at radius 2 is 2.30 bits per heavy atom. The van der Waals surface area contributed by atoms with E-state index in [1.165, 1.54) is 0 Å². The predicted molar refractivity (Wildman–Crippen MR) is 87.4 cm³/mol. The number of hydroxylamine groups is 1. The van der Waals surface area contributed by atoms with Gasteiger partial charge in [0.25, 0.3) is 0 Å². The van der Waals surface area contributed by atoms with Crippen LogP contribution >= 0.6 is 0 Å². The minimum Gasteiger partial charge on any atom is -0.368 e. The van der Waals surface area contributed by atoms with E-state index in [9.17, 15) is 4.79 Å². The number of rotatable bonds is 4. The molecule has 2 heterocycles. The highest BCUT2D eigenvalue weighted by molar-refractivity contribution is 5.95. The fraction of sp³-hybridized carbons (Fsp3) is 0.533. The maximum atomic E-state index is 11.7. The molecule has 1 aromatic heterocycles. The molecule has 23 heavy (non-hydrogen) atoms. The number of nitrogens with zero attached hydrogens (tertiary/aromatic N) is 3. The third kappa shape index (κ3) is 3.70. The third-order valence-electron chi connectivity index (χ3n) is 4.33. The maximum absolute atomic E-state index is 11.7. The van der Waals surface area contributed by atoms with Gasteiger partial charge in [0.15, 0.2) is 0 Å². The molecule has 0 spiro atoms. The van der Waals surface area contributed by atoms with Crippen molar-refractivity contribution >= 4 is 23.4 Å². The smallest absolute Gasteiger partial charge is 0.227 e. The fourth-order valence-corrected chi connectivity index (χ4v) is 3.19. The van der Waals surface area contributed by atoms with Gasteiger partial charge >= 0.3 is 0 Å². The molecule has 0 radical (unpaired) electrons. The number of nitrogens with two attached hydrogens (primary N) is 1. The van der Waals surface area contributed by atoms with Crippen molar-refractivity contribution in [3.8, 4) is 0 Å². The summed E-state index contributed by atoms with van der Waals surface area (Å²) >= 11 is 0. The summed E-state index contributed by atoms with van der Waals surface area (Å²) in [4.78, 5) is 22.1. The van der Waals surface area contributed by atoms with Crippen molar-refractivity contribution in [2.75, 3.05) is 16.8 Å². The van der Waals surface area contributed by atoms with Gasteiger partial charge in [0.2, 0.25) is 11.9 Å². The summed E-state index contributed by atoms with van der Waals surface area (Å²) < 4.78 is 0. The summed E-state index contributed by atoms with van der Waals surface area (Å²) in [6, 6.07) is 4.22. The molecular formula is C15H22N6O2. The molecule has 2 aliphatic rings. The van der Waals surface area contributed by atoms with Crippen molar-refractivity contribution in [1.29, 1.82) is 0 Å². The van der Waals surface area contributed by atoms with E-state index < -0.39 is 0 Å². The first kappa shape index (κ1) is 15.5. The number of aromatic nitrogens is 1. The van der Waals surface area contributed by atoms with Crippen LogP contribution in [0.15, 0.2) is 23.3 Å². The zero-order valence-corrected chi connectivity index (χ0v) is 12.9. The largest absolute Gasteiger partial charge is 0.368 e. The molecule has 2 unspecified atom stereocenters.